The molecule has 0 aliphatic carbocycles. The van der Waals surface area contributed by atoms with Crippen LogP contribution >= 0.6 is 0 Å². The van der Waals surface area contributed by atoms with E-state index in [1.165, 1.54) is 0 Å². The maximum atomic E-state index is 14.5. The van der Waals surface area contributed by atoms with Crippen LogP contribution < -0.4 is 0 Å². The molecule has 1 fully saturated rings. The van der Waals surface area contributed by atoms with E-state index in [0.29, 0.717) is 32.5 Å². The summed E-state index contributed by atoms with van der Waals surface area (Å²) in [5.74, 6) is 0. The van der Waals surface area contributed by atoms with E-state index in [2.05, 4.69) is 125 Å². The Morgan fingerprint density at radius 1 is 0.808 bits per heavy atom. The van der Waals surface area contributed by atoms with E-state index in [4.69, 9.17) is 14.1 Å². The second kappa shape index (κ2) is 16.1. The number of likely N-dealkylation sites (tertiary alicyclic amines) is 1. The molecule has 1 aliphatic rings. The number of amides is 2. The summed E-state index contributed by atoms with van der Waals surface area (Å²) >= 11 is 0. The smallest absolute Gasteiger partial charge is 0.410 e. The van der Waals surface area contributed by atoms with Crippen molar-refractivity contribution in [2.45, 2.75) is 109 Å². The first-order valence-electron chi connectivity index (χ1n) is 18.9. The lowest BCUT2D eigenvalue weighted by atomic mass is 9.77. The number of carbonyl (C=O) groups excluding carboxylic acids is 2. The Morgan fingerprint density at radius 2 is 1.29 bits per heavy atom. The summed E-state index contributed by atoms with van der Waals surface area (Å²) in [5.41, 5.74) is 3.69. The zero-order chi connectivity index (χ0) is 37.7. The molecule has 52 heavy (non-hydrogen) atoms. The summed E-state index contributed by atoms with van der Waals surface area (Å²) < 4.78 is 14.7. The molecule has 0 radical (unpaired) electrons. The van der Waals surface area contributed by atoms with Crippen molar-refractivity contribution >= 4 is 20.5 Å². The fraction of sp³-hybridized carbons (Fsp3) is 0.465. The summed E-state index contributed by atoms with van der Waals surface area (Å²) in [4.78, 5) is 36.1. The molecule has 1 aromatic heterocycles. The van der Waals surface area contributed by atoms with Crippen molar-refractivity contribution in [2.24, 2.45) is 0 Å². The molecule has 9 heteroatoms. The predicted molar refractivity (Wildman–Crippen MR) is 211 cm³/mol. The molecule has 3 aromatic carbocycles. The van der Waals surface area contributed by atoms with Crippen molar-refractivity contribution in [1.29, 1.82) is 0 Å². The van der Waals surface area contributed by atoms with Gasteiger partial charge in [0, 0.05) is 32.3 Å². The van der Waals surface area contributed by atoms with Gasteiger partial charge in [-0.2, -0.15) is 0 Å². The summed E-state index contributed by atoms with van der Waals surface area (Å²) in [5, 5.41) is 0. The van der Waals surface area contributed by atoms with Crippen LogP contribution in [0.1, 0.15) is 91.1 Å². The Bertz CT molecular complexity index is 1630. The van der Waals surface area contributed by atoms with Crippen molar-refractivity contribution in [3.05, 3.63) is 126 Å². The minimum atomic E-state index is -2.53. The average molecular weight is 723 g/mol. The number of ether oxygens (including phenoxy) is 1. The fourth-order valence-corrected chi connectivity index (χ4v) is 13.5. The predicted octanol–water partition coefficient (Wildman–Crippen LogP) is 9.89. The van der Waals surface area contributed by atoms with E-state index in [1.807, 2.05) is 50.2 Å². The fourth-order valence-electron chi connectivity index (χ4n) is 8.37. The number of nitrogens with zero attached hydrogens (tertiary/aromatic N) is 4. The van der Waals surface area contributed by atoms with Crippen LogP contribution in [0.2, 0.25) is 16.6 Å². The van der Waals surface area contributed by atoms with Crippen molar-refractivity contribution in [1.82, 2.24) is 19.4 Å². The van der Waals surface area contributed by atoms with E-state index in [-0.39, 0.29) is 34.9 Å². The van der Waals surface area contributed by atoms with Crippen LogP contribution in [0.3, 0.4) is 0 Å². The lowest BCUT2D eigenvalue weighted by Crippen LogP contribution is -2.54. The number of hydrogen-bond acceptors (Lipinski definition) is 5. The molecule has 1 saturated heterocycles. The lowest BCUT2D eigenvalue weighted by Gasteiger charge is -2.43. The van der Waals surface area contributed by atoms with Crippen molar-refractivity contribution in [3.8, 4) is 0 Å². The largest absolute Gasteiger partial charge is 0.503 e. The van der Waals surface area contributed by atoms with Crippen molar-refractivity contribution in [2.75, 3.05) is 19.6 Å². The SMILES string of the molecule is CC(C)[Si](OC(=O)N(CCc1cn(C(c2ccccc2)(c2ccccc2)c2ccccc2)cn1)[C@H]1CCN(C(=O)OC(C)(C)C)C1)(C(C)C)C(C)C. The van der Waals surface area contributed by atoms with Crippen LogP contribution in [-0.2, 0) is 21.1 Å². The maximum Gasteiger partial charge on any atom is 0.410 e. The second-order valence-corrected chi connectivity index (χ2v) is 21.5. The van der Waals surface area contributed by atoms with E-state index >= 15 is 0 Å². The molecular weight excluding hydrogens is 665 g/mol. The zero-order valence-corrected chi connectivity index (χ0v) is 33.6. The number of rotatable bonds is 12. The van der Waals surface area contributed by atoms with Crippen LogP contribution in [0.25, 0.3) is 0 Å². The normalized spacial score (nSPS) is 15.4. The quantitative estimate of drug-likeness (QED) is 0.108. The van der Waals surface area contributed by atoms with Crippen LogP contribution in [0, 0.1) is 0 Å². The molecule has 0 N–H and O–H groups in total. The topological polar surface area (TPSA) is 76.9 Å². The average Bonchev–Trinajstić information content (AvgIpc) is 3.79. The monoisotopic (exact) mass is 722 g/mol. The number of aromatic nitrogens is 2. The molecule has 0 saturated carbocycles. The van der Waals surface area contributed by atoms with Crippen LogP contribution in [0.4, 0.5) is 9.59 Å². The van der Waals surface area contributed by atoms with Gasteiger partial charge < -0.3 is 23.5 Å². The Morgan fingerprint density at radius 3 is 1.73 bits per heavy atom. The Labute approximate surface area is 312 Å². The zero-order valence-electron chi connectivity index (χ0n) is 32.6. The molecule has 0 unspecified atom stereocenters. The Balaban J connectivity index is 1.50. The molecule has 0 bridgehead atoms. The first-order chi connectivity index (χ1) is 24.7. The summed E-state index contributed by atoms with van der Waals surface area (Å²) in [6, 6.07) is 31.4. The number of hydrogen-bond donors (Lipinski definition) is 0. The molecule has 2 amide bonds. The molecule has 2 heterocycles. The highest BCUT2D eigenvalue weighted by molar-refractivity contribution is 6.78. The van der Waals surface area contributed by atoms with Gasteiger partial charge in [-0.25, -0.2) is 14.6 Å². The van der Waals surface area contributed by atoms with Gasteiger partial charge in [-0.1, -0.05) is 133 Å². The molecule has 5 rings (SSSR count). The van der Waals surface area contributed by atoms with Crippen LogP contribution in [-0.4, -0.2) is 71.1 Å². The highest BCUT2D eigenvalue weighted by atomic mass is 28.4. The molecule has 278 valence electrons. The maximum absolute atomic E-state index is 14.5. The second-order valence-electron chi connectivity index (χ2n) is 16.1. The van der Waals surface area contributed by atoms with Gasteiger partial charge in [-0.3, -0.25) is 0 Å². The lowest BCUT2D eigenvalue weighted by molar-refractivity contribution is 0.0279. The highest BCUT2D eigenvalue weighted by Gasteiger charge is 2.50. The van der Waals surface area contributed by atoms with E-state index in [0.717, 1.165) is 22.4 Å². The third-order valence-electron chi connectivity index (χ3n) is 10.7. The molecular formula is C43H58N4O4Si. The van der Waals surface area contributed by atoms with Crippen LogP contribution in [0.5, 0.6) is 0 Å². The Kier molecular flexibility index (Phi) is 12.0. The summed E-state index contributed by atoms with van der Waals surface area (Å²) in [6.45, 7) is 20.1. The van der Waals surface area contributed by atoms with Gasteiger partial charge in [0.1, 0.15) is 11.1 Å². The first kappa shape index (κ1) is 38.8. The number of benzene rings is 3. The van der Waals surface area contributed by atoms with Crippen molar-refractivity contribution in [3.63, 3.8) is 0 Å². The van der Waals surface area contributed by atoms with Crippen molar-refractivity contribution < 1.29 is 18.8 Å². The van der Waals surface area contributed by atoms with Crippen LogP contribution in [0.15, 0.2) is 104 Å². The highest BCUT2D eigenvalue weighted by Crippen LogP contribution is 2.43. The number of imidazole rings is 1. The standard InChI is InChI=1S/C43H58N4O4Si/c1-32(2)52(33(3)4,34(5)6)51-41(49)47(39-26-27-45(30-39)40(48)50-42(7,8)9)28-25-38-29-46(31-44-38)43(35-19-13-10-14-20-35,36-21-15-11-16-22-36)37-23-17-12-18-24-37/h10-24,29,31-34,39H,25-28,30H2,1-9H3/t39-/m0/s1. The number of carbonyl (C=O) groups is 2. The first-order valence-corrected chi connectivity index (χ1v) is 21.0. The Hall–Kier alpha value is -4.37. The van der Waals surface area contributed by atoms with Gasteiger partial charge in [0.2, 0.25) is 0 Å². The van der Waals surface area contributed by atoms with Gasteiger partial charge in [-0.05, 0) is 60.5 Å². The molecule has 4 aromatic rings. The van der Waals surface area contributed by atoms with Gasteiger partial charge in [0.15, 0.2) is 0 Å². The molecule has 8 nitrogen and oxygen atoms in total. The van der Waals surface area contributed by atoms with E-state index in [9.17, 15) is 9.59 Å². The van der Waals surface area contributed by atoms with E-state index < -0.39 is 19.5 Å². The molecule has 1 aliphatic heterocycles. The van der Waals surface area contributed by atoms with Gasteiger partial charge in [0.05, 0.1) is 18.1 Å². The third kappa shape index (κ3) is 7.99. The minimum absolute atomic E-state index is 0.197. The third-order valence-corrected chi connectivity index (χ3v) is 16.6. The molecule has 0 spiro atoms. The van der Waals surface area contributed by atoms with Gasteiger partial charge >= 0.3 is 12.2 Å². The summed E-state index contributed by atoms with van der Waals surface area (Å²) in [6.07, 6.45) is 4.58. The van der Waals surface area contributed by atoms with Gasteiger partial charge in [0.25, 0.3) is 8.32 Å². The molecule has 1 atom stereocenters. The van der Waals surface area contributed by atoms with Gasteiger partial charge in [-0.15, -0.1) is 0 Å². The summed E-state index contributed by atoms with van der Waals surface area (Å²) in [7, 11) is -2.53. The minimum Gasteiger partial charge on any atom is -0.503 e. The van der Waals surface area contributed by atoms with E-state index in [1.54, 1.807) is 4.90 Å².